The number of nitrogens with zero attached hydrogens (tertiary/aromatic N) is 2. The zero-order valence-electron chi connectivity index (χ0n) is 11.2. The van der Waals surface area contributed by atoms with Crippen molar-refractivity contribution in [3.63, 3.8) is 0 Å². The minimum absolute atomic E-state index is 0.356. The second kappa shape index (κ2) is 5.89. The highest BCUT2D eigenvalue weighted by atomic mass is 32.1. The SMILES string of the molecule is CN(C)c1ccc(Nc2nc(C(N)C(=O)O)cs2)cc1. The largest absolute Gasteiger partial charge is 0.480 e. The third-order valence-corrected chi connectivity index (χ3v) is 3.52. The molecule has 0 amide bonds. The molecular weight excluding hydrogens is 276 g/mol. The van der Waals surface area contributed by atoms with E-state index < -0.39 is 12.0 Å². The van der Waals surface area contributed by atoms with Gasteiger partial charge in [-0.3, -0.25) is 4.79 Å². The summed E-state index contributed by atoms with van der Waals surface area (Å²) in [5, 5.41) is 14.2. The summed E-state index contributed by atoms with van der Waals surface area (Å²) in [5.74, 6) is -1.09. The highest BCUT2D eigenvalue weighted by Gasteiger charge is 2.17. The molecule has 1 aromatic carbocycles. The number of rotatable bonds is 5. The molecule has 1 heterocycles. The first-order valence-electron chi connectivity index (χ1n) is 5.95. The molecule has 4 N–H and O–H groups in total. The van der Waals surface area contributed by atoms with Crippen molar-refractivity contribution in [1.29, 1.82) is 0 Å². The van der Waals surface area contributed by atoms with Crippen molar-refractivity contribution in [2.75, 3.05) is 24.3 Å². The van der Waals surface area contributed by atoms with Crippen molar-refractivity contribution >= 4 is 33.8 Å². The van der Waals surface area contributed by atoms with Crippen molar-refractivity contribution in [3.8, 4) is 0 Å². The summed E-state index contributed by atoms with van der Waals surface area (Å²) in [6.45, 7) is 0. The van der Waals surface area contributed by atoms with E-state index in [1.54, 1.807) is 5.38 Å². The van der Waals surface area contributed by atoms with Crippen LogP contribution in [0.5, 0.6) is 0 Å². The summed E-state index contributed by atoms with van der Waals surface area (Å²) in [7, 11) is 3.95. The van der Waals surface area contributed by atoms with Crippen LogP contribution in [0.15, 0.2) is 29.6 Å². The van der Waals surface area contributed by atoms with Crippen LogP contribution >= 0.6 is 11.3 Å². The number of nitrogens with one attached hydrogen (secondary N) is 1. The fraction of sp³-hybridized carbons (Fsp3) is 0.231. The van der Waals surface area contributed by atoms with Crippen LogP contribution in [-0.4, -0.2) is 30.2 Å². The van der Waals surface area contributed by atoms with E-state index in [4.69, 9.17) is 10.8 Å². The number of benzene rings is 1. The molecule has 1 atom stereocenters. The molecule has 7 heteroatoms. The number of thiazole rings is 1. The van der Waals surface area contributed by atoms with E-state index in [1.165, 1.54) is 11.3 Å². The summed E-state index contributed by atoms with van der Waals surface area (Å²) >= 11 is 1.32. The molecule has 2 aromatic rings. The van der Waals surface area contributed by atoms with E-state index in [0.29, 0.717) is 10.8 Å². The van der Waals surface area contributed by atoms with Crippen molar-refractivity contribution in [3.05, 3.63) is 35.3 Å². The van der Waals surface area contributed by atoms with Gasteiger partial charge in [0.2, 0.25) is 0 Å². The zero-order valence-corrected chi connectivity index (χ0v) is 12.0. The Morgan fingerprint density at radius 3 is 2.60 bits per heavy atom. The second-order valence-corrected chi connectivity index (χ2v) is 5.32. The van der Waals surface area contributed by atoms with E-state index in [9.17, 15) is 4.79 Å². The van der Waals surface area contributed by atoms with Crippen LogP contribution < -0.4 is 16.0 Å². The van der Waals surface area contributed by atoms with Gasteiger partial charge in [-0.2, -0.15) is 0 Å². The van der Waals surface area contributed by atoms with Gasteiger partial charge in [-0.25, -0.2) is 4.98 Å². The molecule has 0 aliphatic rings. The van der Waals surface area contributed by atoms with Gasteiger partial charge in [0.1, 0.15) is 6.04 Å². The van der Waals surface area contributed by atoms with Gasteiger partial charge in [-0.1, -0.05) is 0 Å². The van der Waals surface area contributed by atoms with Crippen molar-refractivity contribution in [2.45, 2.75) is 6.04 Å². The second-order valence-electron chi connectivity index (χ2n) is 4.46. The Kier molecular flexibility index (Phi) is 4.21. The van der Waals surface area contributed by atoms with Crippen LogP contribution in [0.25, 0.3) is 0 Å². The maximum absolute atomic E-state index is 10.8. The minimum atomic E-state index is -1.09. The monoisotopic (exact) mass is 292 g/mol. The van der Waals surface area contributed by atoms with Crippen LogP contribution in [0.1, 0.15) is 11.7 Å². The van der Waals surface area contributed by atoms with Crippen molar-refractivity contribution in [1.82, 2.24) is 4.98 Å². The van der Waals surface area contributed by atoms with Gasteiger partial charge in [-0.05, 0) is 24.3 Å². The highest BCUT2D eigenvalue weighted by Crippen LogP contribution is 2.24. The number of hydrogen-bond acceptors (Lipinski definition) is 6. The Morgan fingerprint density at radius 2 is 2.05 bits per heavy atom. The summed E-state index contributed by atoms with van der Waals surface area (Å²) < 4.78 is 0. The van der Waals surface area contributed by atoms with Gasteiger partial charge in [0, 0.05) is 30.9 Å². The van der Waals surface area contributed by atoms with E-state index in [0.717, 1.165) is 11.4 Å². The average Bonchev–Trinajstić information content (AvgIpc) is 2.86. The van der Waals surface area contributed by atoms with Gasteiger partial charge in [0.15, 0.2) is 5.13 Å². The predicted octanol–water partition coefficient (Wildman–Crippen LogP) is 2.04. The standard InChI is InChI=1S/C13H16N4O2S/c1-17(2)9-5-3-8(4-6-9)15-13-16-10(7-20-13)11(14)12(18)19/h3-7,11H,14H2,1-2H3,(H,15,16)(H,18,19). The zero-order chi connectivity index (χ0) is 14.7. The maximum Gasteiger partial charge on any atom is 0.326 e. The number of anilines is 3. The van der Waals surface area contributed by atoms with Crippen LogP contribution in [0.4, 0.5) is 16.5 Å². The molecule has 0 fully saturated rings. The number of hydrogen-bond donors (Lipinski definition) is 3. The molecule has 0 radical (unpaired) electrons. The first kappa shape index (κ1) is 14.3. The molecule has 0 saturated carbocycles. The predicted molar refractivity (Wildman–Crippen MR) is 80.7 cm³/mol. The number of aromatic nitrogens is 1. The summed E-state index contributed by atoms with van der Waals surface area (Å²) in [4.78, 5) is 17.0. The van der Waals surface area contributed by atoms with Crippen LogP contribution in [0, 0.1) is 0 Å². The normalized spacial score (nSPS) is 11.9. The van der Waals surface area contributed by atoms with E-state index >= 15 is 0 Å². The molecule has 2 rings (SSSR count). The fourth-order valence-electron chi connectivity index (χ4n) is 1.58. The molecule has 0 aliphatic heterocycles. The third-order valence-electron chi connectivity index (χ3n) is 2.74. The number of carboxylic acid groups (broad SMARTS) is 1. The topological polar surface area (TPSA) is 91.5 Å². The smallest absolute Gasteiger partial charge is 0.326 e. The van der Waals surface area contributed by atoms with E-state index in [1.807, 2.05) is 43.3 Å². The lowest BCUT2D eigenvalue weighted by molar-refractivity contribution is -0.138. The number of nitrogens with two attached hydrogens (primary N) is 1. The lowest BCUT2D eigenvalue weighted by Crippen LogP contribution is -2.20. The molecule has 1 unspecified atom stereocenters. The van der Waals surface area contributed by atoms with E-state index in [2.05, 4.69) is 10.3 Å². The number of carboxylic acids is 1. The number of aliphatic carboxylic acids is 1. The lowest BCUT2D eigenvalue weighted by Gasteiger charge is -2.12. The van der Waals surface area contributed by atoms with Crippen molar-refractivity contribution < 1.29 is 9.90 Å². The van der Waals surface area contributed by atoms with E-state index in [-0.39, 0.29) is 0 Å². The molecule has 0 saturated heterocycles. The molecule has 0 spiro atoms. The quantitative estimate of drug-likeness (QED) is 0.781. The molecule has 0 aliphatic carbocycles. The van der Waals surface area contributed by atoms with Gasteiger partial charge < -0.3 is 21.1 Å². The first-order chi connectivity index (χ1) is 9.47. The fourth-order valence-corrected chi connectivity index (χ4v) is 2.35. The van der Waals surface area contributed by atoms with Gasteiger partial charge in [0.25, 0.3) is 0 Å². The Balaban J connectivity index is 2.08. The van der Waals surface area contributed by atoms with Crippen LogP contribution in [0.2, 0.25) is 0 Å². The Labute approximate surface area is 120 Å². The minimum Gasteiger partial charge on any atom is -0.480 e. The Hall–Kier alpha value is -2.12. The van der Waals surface area contributed by atoms with Crippen LogP contribution in [-0.2, 0) is 4.79 Å². The number of carbonyl (C=O) groups is 1. The molecular formula is C13H16N4O2S. The van der Waals surface area contributed by atoms with Gasteiger partial charge >= 0.3 is 5.97 Å². The van der Waals surface area contributed by atoms with Gasteiger partial charge in [0.05, 0.1) is 5.69 Å². The highest BCUT2D eigenvalue weighted by molar-refractivity contribution is 7.13. The summed E-state index contributed by atoms with van der Waals surface area (Å²) in [5.41, 5.74) is 7.85. The van der Waals surface area contributed by atoms with Gasteiger partial charge in [-0.15, -0.1) is 11.3 Å². The maximum atomic E-state index is 10.8. The van der Waals surface area contributed by atoms with Crippen LogP contribution in [0.3, 0.4) is 0 Å². The molecule has 0 bridgehead atoms. The summed E-state index contributed by atoms with van der Waals surface area (Å²) in [6.07, 6.45) is 0. The third kappa shape index (κ3) is 3.25. The van der Waals surface area contributed by atoms with Crippen molar-refractivity contribution in [2.24, 2.45) is 5.73 Å². The average molecular weight is 292 g/mol. The first-order valence-corrected chi connectivity index (χ1v) is 6.83. The Bertz CT molecular complexity index is 595. The lowest BCUT2D eigenvalue weighted by atomic mass is 10.2. The Morgan fingerprint density at radius 1 is 1.40 bits per heavy atom. The molecule has 20 heavy (non-hydrogen) atoms. The summed E-state index contributed by atoms with van der Waals surface area (Å²) in [6, 6.07) is 6.76. The molecule has 106 valence electrons. The molecule has 1 aromatic heterocycles. The molecule has 6 nitrogen and oxygen atoms in total.